The predicted octanol–water partition coefficient (Wildman–Crippen LogP) is 1.71. The van der Waals surface area contributed by atoms with Crippen LogP contribution in [0.4, 0.5) is 0 Å². The number of piperidine rings is 2. The largest absolute Gasteiger partial charge is 0.352 e. The topological polar surface area (TPSA) is 90.1 Å². The van der Waals surface area contributed by atoms with Crippen LogP contribution in [0.2, 0.25) is 0 Å². The van der Waals surface area contributed by atoms with Gasteiger partial charge in [0.1, 0.15) is 0 Å². The monoisotopic (exact) mass is 391 g/mol. The SMILES string of the molecule is Cl.O=C(N[C@H]1CCCNC1)C1CCCN(C(=O)c2ccc3[nH]ncc3c2)C1. The third kappa shape index (κ3) is 4.42. The number of likely N-dealkylation sites (tertiary alicyclic amines) is 1. The number of benzene rings is 1. The molecule has 2 aliphatic rings. The molecule has 146 valence electrons. The predicted molar refractivity (Wildman–Crippen MR) is 106 cm³/mol. The van der Waals surface area contributed by atoms with Gasteiger partial charge in [0.15, 0.2) is 0 Å². The lowest BCUT2D eigenvalue weighted by Gasteiger charge is -2.33. The maximum Gasteiger partial charge on any atom is 0.253 e. The summed E-state index contributed by atoms with van der Waals surface area (Å²) < 4.78 is 0. The molecule has 2 saturated heterocycles. The Hall–Kier alpha value is -2.12. The number of hydrogen-bond acceptors (Lipinski definition) is 4. The van der Waals surface area contributed by atoms with E-state index in [0.717, 1.165) is 49.7 Å². The number of aromatic amines is 1. The first kappa shape index (κ1) is 19.6. The van der Waals surface area contributed by atoms with Crippen molar-refractivity contribution in [2.75, 3.05) is 26.2 Å². The van der Waals surface area contributed by atoms with Gasteiger partial charge in [0.05, 0.1) is 17.6 Å². The molecular weight excluding hydrogens is 366 g/mol. The quantitative estimate of drug-likeness (QED) is 0.742. The van der Waals surface area contributed by atoms with Crippen LogP contribution in [0.1, 0.15) is 36.0 Å². The first-order chi connectivity index (χ1) is 12.7. The zero-order chi connectivity index (χ0) is 17.9. The molecule has 1 unspecified atom stereocenters. The highest BCUT2D eigenvalue weighted by Gasteiger charge is 2.30. The molecule has 2 amide bonds. The van der Waals surface area contributed by atoms with Gasteiger partial charge in [-0.1, -0.05) is 0 Å². The Kier molecular flexibility index (Phi) is 6.34. The second-order valence-corrected chi connectivity index (χ2v) is 7.31. The molecule has 1 aromatic carbocycles. The van der Waals surface area contributed by atoms with Crippen molar-refractivity contribution in [3.8, 4) is 0 Å². The number of amides is 2. The fourth-order valence-corrected chi connectivity index (χ4v) is 3.93. The number of H-pyrrole nitrogens is 1. The van der Waals surface area contributed by atoms with E-state index in [1.165, 1.54) is 0 Å². The average molecular weight is 392 g/mol. The van der Waals surface area contributed by atoms with Crippen molar-refractivity contribution in [1.29, 1.82) is 0 Å². The molecule has 0 radical (unpaired) electrons. The number of fused-ring (bicyclic) bond motifs is 1. The zero-order valence-corrected chi connectivity index (χ0v) is 16.1. The summed E-state index contributed by atoms with van der Waals surface area (Å²) in [6, 6.07) is 5.77. The summed E-state index contributed by atoms with van der Waals surface area (Å²) in [4.78, 5) is 27.3. The van der Waals surface area contributed by atoms with Gasteiger partial charge < -0.3 is 15.5 Å². The van der Waals surface area contributed by atoms with Gasteiger partial charge in [-0.3, -0.25) is 14.7 Å². The maximum atomic E-state index is 12.9. The summed E-state index contributed by atoms with van der Waals surface area (Å²) in [5.74, 6) is -0.0429. The minimum Gasteiger partial charge on any atom is -0.352 e. The van der Waals surface area contributed by atoms with Gasteiger partial charge in [-0.25, -0.2) is 0 Å². The molecule has 3 N–H and O–H groups in total. The smallest absolute Gasteiger partial charge is 0.253 e. The summed E-state index contributed by atoms with van der Waals surface area (Å²) in [5, 5.41) is 14.3. The second-order valence-electron chi connectivity index (χ2n) is 7.31. The van der Waals surface area contributed by atoms with E-state index in [0.29, 0.717) is 18.7 Å². The van der Waals surface area contributed by atoms with Crippen molar-refractivity contribution < 1.29 is 9.59 Å². The van der Waals surface area contributed by atoms with Gasteiger partial charge in [-0.05, 0) is 50.4 Å². The molecule has 0 spiro atoms. The average Bonchev–Trinajstić information content (AvgIpc) is 3.16. The Morgan fingerprint density at radius 1 is 1.22 bits per heavy atom. The van der Waals surface area contributed by atoms with E-state index in [9.17, 15) is 9.59 Å². The van der Waals surface area contributed by atoms with Crippen LogP contribution in [-0.2, 0) is 4.79 Å². The highest BCUT2D eigenvalue weighted by molar-refractivity contribution is 5.98. The molecule has 3 heterocycles. The van der Waals surface area contributed by atoms with Crippen molar-refractivity contribution in [3.05, 3.63) is 30.0 Å². The van der Waals surface area contributed by atoms with Crippen LogP contribution in [0.15, 0.2) is 24.4 Å². The lowest BCUT2D eigenvalue weighted by molar-refractivity contribution is -0.127. The lowest BCUT2D eigenvalue weighted by Crippen LogP contribution is -2.51. The minimum absolute atomic E-state index is 0. The molecule has 1 aromatic heterocycles. The van der Waals surface area contributed by atoms with E-state index in [-0.39, 0.29) is 36.2 Å². The highest BCUT2D eigenvalue weighted by atomic mass is 35.5. The van der Waals surface area contributed by atoms with E-state index in [1.54, 1.807) is 6.20 Å². The maximum absolute atomic E-state index is 12.9. The molecule has 2 fully saturated rings. The molecule has 2 atom stereocenters. The summed E-state index contributed by atoms with van der Waals surface area (Å²) in [5.41, 5.74) is 1.56. The van der Waals surface area contributed by atoms with E-state index >= 15 is 0 Å². The lowest BCUT2D eigenvalue weighted by atomic mass is 9.95. The van der Waals surface area contributed by atoms with Gasteiger partial charge in [-0.15, -0.1) is 12.4 Å². The Labute approximate surface area is 164 Å². The van der Waals surface area contributed by atoms with Crippen LogP contribution in [0.25, 0.3) is 10.9 Å². The molecule has 0 bridgehead atoms. The summed E-state index contributed by atoms with van der Waals surface area (Å²) in [6.07, 6.45) is 5.55. The van der Waals surface area contributed by atoms with Gasteiger partial charge in [0.25, 0.3) is 5.91 Å². The summed E-state index contributed by atoms with van der Waals surface area (Å²) in [6.45, 7) is 3.07. The Morgan fingerprint density at radius 3 is 2.93 bits per heavy atom. The van der Waals surface area contributed by atoms with Gasteiger partial charge in [0.2, 0.25) is 5.91 Å². The molecule has 4 rings (SSSR count). The molecule has 0 aliphatic carbocycles. The van der Waals surface area contributed by atoms with Gasteiger partial charge >= 0.3 is 0 Å². The van der Waals surface area contributed by atoms with Crippen molar-refractivity contribution in [2.24, 2.45) is 5.92 Å². The van der Waals surface area contributed by atoms with Crippen molar-refractivity contribution in [1.82, 2.24) is 25.7 Å². The number of halogens is 1. The van der Waals surface area contributed by atoms with Crippen LogP contribution >= 0.6 is 12.4 Å². The standard InChI is InChI=1S/C19H25N5O2.ClH/c25-18(22-16-4-1-7-20-11-16)14-3-2-8-24(12-14)19(26)13-5-6-17-15(9-13)10-21-23-17;/h5-6,9-10,14,16,20H,1-4,7-8,11-12H2,(H,21,23)(H,22,25);1H/t14?,16-;/m0./s1. The first-order valence-electron chi connectivity index (χ1n) is 9.44. The third-order valence-corrected chi connectivity index (χ3v) is 5.41. The fraction of sp³-hybridized carbons (Fsp3) is 0.526. The number of nitrogens with one attached hydrogen (secondary N) is 3. The number of aromatic nitrogens is 2. The van der Waals surface area contributed by atoms with E-state index < -0.39 is 0 Å². The van der Waals surface area contributed by atoms with Gasteiger partial charge in [0, 0.05) is 36.6 Å². The Morgan fingerprint density at radius 2 is 2.11 bits per heavy atom. The van der Waals surface area contributed by atoms with Crippen LogP contribution in [0.3, 0.4) is 0 Å². The van der Waals surface area contributed by atoms with Crippen molar-refractivity contribution in [2.45, 2.75) is 31.7 Å². The van der Waals surface area contributed by atoms with E-state index in [2.05, 4.69) is 20.8 Å². The summed E-state index contributed by atoms with van der Waals surface area (Å²) in [7, 11) is 0. The molecule has 27 heavy (non-hydrogen) atoms. The number of carbonyl (C=O) groups excluding carboxylic acids is 2. The van der Waals surface area contributed by atoms with Crippen molar-refractivity contribution in [3.63, 3.8) is 0 Å². The highest BCUT2D eigenvalue weighted by Crippen LogP contribution is 2.21. The Balaban J connectivity index is 0.00000210. The molecule has 0 saturated carbocycles. The second kappa shape index (κ2) is 8.71. The van der Waals surface area contributed by atoms with Crippen LogP contribution < -0.4 is 10.6 Å². The fourth-order valence-electron chi connectivity index (χ4n) is 3.93. The van der Waals surface area contributed by atoms with E-state index in [4.69, 9.17) is 0 Å². The summed E-state index contributed by atoms with van der Waals surface area (Å²) >= 11 is 0. The first-order valence-corrected chi connectivity index (χ1v) is 9.44. The molecule has 7 nitrogen and oxygen atoms in total. The number of nitrogens with zero attached hydrogens (tertiary/aromatic N) is 2. The van der Waals surface area contributed by atoms with E-state index in [1.807, 2.05) is 23.1 Å². The molecule has 2 aromatic rings. The molecule has 2 aliphatic heterocycles. The molecule has 8 heteroatoms. The number of carbonyl (C=O) groups is 2. The Bertz CT molecular complexity index is 802. The third-order valence-electron chi connectivity index (χ3n) is 5.41. The molecular formula is C19H26ClN5O2. The number of hydrogen-bond donors (Lipinski definition) is 3. The van der Waals surface area contributed by atoms with Crippen LogP contribution in [0.5, 0.6) is 0 Å². The van der Waals surface area contributed by atoms with Gasteiger partial charge in [-0.2, -0.15) is 5.10 Å². The zero-order valence-electron chi connectivity index (χ0n) is 15.2. The number of rotatable bonds is 3. The van der Waals surface area contributed by atoms with Crippen molar-refractivity contribution >= 4 is 35.1 Å². The van der Waals surface area contributed by atoms with Crippen LogP contribution in [0, 0.1) is 5.92 Å². The minimum atomic E-state index is -0.118. The normalized spacial score (nSPS) is 22.9. The van der Waals surface area contributed by atoms with Crippen LogP contribution in [-0.4, -0.2) is 59.1 Å².